The number of ether oxygens (including phenoxy) is 1. The fourth-order valence-corrected chi connectivity index (χ4v) is 2.75. The molecule has 2 rings (SSSR count). The van der Waals surface area contributed by atoms with Crippen molar-refractivity contribution in [1.29, 1.82) is 0 Å². The Hall–Kier alpha value is -2.76. The van der Waals surface area contributed by atoms with E-state index in [1.165, 1.54) is 5.56 Å². The van der Waals surface area contributed by atoms with E-state index in [-0.39, 0.29) is 5.56 Å². The van der Waals surface area contributed by atoms with Crippen molar-refractivity contribution in [2.45, 2.75) is 39.8 Å². The van der Waals surface area contributed by atoms with Crippen molar-refractivity contribution in [1.82, 2.24) is 15.2 Å². The lowest BCUT2D eigenvalue weighted by Crippen LogP contribution is -2.37. The standard InChI is InChI=1S/C21H30N4O2/c1-4-22-21(24-16-18-11-10-17(2)15-19(18)27-3)23-12-6-8-14-25-13-7-5-9-20(25)26/h5,7,9-11,13,15H,4,6,8,12,14,16H2,1-3H3,(H2,22,23,24). The fourth-order valence-electron chi connectivity index (χ4n) is 2.75. The lowest BCUT2D eigenvalue weighted by atomic mass is 10.1. The third-order valence-electron chi connectivity index (χ3n) is 4.21. The highest BCUT2D eigenvalue weighted by Gasteiger charge is 2.04. The number of aryl methyl sites for hydroxylation is 2. The second-order valence-corrected chi connectivity index (χ2v) is 6.38. The van der Waals surface area contributed by atoms with Crippen LogP contribution in [-0.4, -0.2) is 30.7 Å². The van der Waals surface area contributed by atoms with E-state index in [0.717, 1.165) is 49.7 Å². The maximum atomic E-state index is 11.7. The molecular weight excluding hydrogens is 340 g/mol. The monoisotopic (exact) mass is 370 g/mol. The van der Waals surface area contributed by atoms with E-state index < -0.39 is 0 Å². The molecule has 0 bridgehead atoms. The highest BCUT2D eigenvalue weighted by molar-refractivity contribution is 5.79. The largest absolute Gasteiger partial charge is 0.496 e. The molecule has 0 aliphatic rings. The van der Waals surface area contributed by atoms with Crippen LogP contribution in [0.2, 0.25) is 0 Å². The van der Waals surface area contributed by atoms with Gasteiger partial charge in [0, 0.05) is 37.5 Å². The minimum absolute atomic E-state index is 0.0485. The number of nitrogens with zero attached hydrogens (tertiary/aromatic N) is 2. The maximum absolute atomic E-state index is 11.7. The van der Waals surface area contributed by atoms with Crippen molar-refractivity contribution < 1.29 is 4.74 Å². The Morgan fingerprint density at radius 2 is 2.04 bits per heavy atom. The van der Waals surface area contributed by atoms with E-state index >= 15 is 0 Å². The van der Waals surface area contributed by atoms with Crippen molar-refractivity contribution in [3.05, 3.63) is 64.1 Å². The molecule has 0 aliphatic carbocycles. The zero-order chi connectivity index (χ0) is 19.5. The number of benzene rings is 1. The van der Waals surface area contributed by atoms with E-state index in [4.69, 9.17) is 4.74 Å². The fraction of sp³-hybridized carbons (Fsp3) is 0.429. The summed E-state index contributed by atoms with van der Waals surface area (Å²) in [6, 6.07) is 11.4. The van der Waals surface area contributed by atoms with Gasteiger partial charge < -0.3 is 19.9 Å². The minimum atomic E-state index is 0.0485. The van der Waals surface area contributed by atoms with Gasteiger partial charge in [0.1, 0.15) is 5.75 Å². The van der Waals surface area contributed by atoms with Crippen molar-refractivity contribution in [2.75, 3.05) is 20.2 Å². The quantitative estimate of drug-likeness (QED) is 0.405. The highest BCUT2D eigenvalue weighted by Crippen LogP contribution is 2.20. The molecule has 2 N–H and O–H groups in total. The number of rotatable bonds is 9. The van der Waals surface area contributed by atoms with Gasteiger partial charge in [0.2, 0.25) is 5.56 Å². The Kier molecular flexibility index (Phi) is 8.42. The third-order valence-corrected chi connectivity index (χ3v) is 4.21. The molecule has 0 unspecified atom stereocenters. The van der Waals surface area contributed by atoms with Crippen molar-refractivity contribution in [3.8, 4) is 5.75 Å². The molecule has 0 aliphatic heterocycles. The highest BCUT2D eigenvalue weighted by atomic mass is 16.5. The van der Waals surface area contributed by atoms with Crippen molar-refractivity contribution >= 4 is 5.96 Å². The molecule has 0 atom stereocenters. The van der Waals surface area contributed by atoms with Gasteiger partial charge in [0.15, 0.2) is 5.96 Å². The van der Waals surface area contributed by atoms with Crippen LogP contribution in [0.15, 0.2) is 52.4 Å². The molecule has 1 heterocycles. The summed E-state index contributed by atoms with van der Waals surface area (Å²) in [6.45, 7) is 6.98. The van der Waals surface area contributed by atoms with Crippen LogP contribution in [0.25, 0.3) is 0 Å². The number of aliphatic imine (C=N–C) groups is 1. The van der Waals surface area contributed by atoms with Gasteiger partial charge in [-0.15, -0.1) is 0 Å². The average molecular weight is 370 g/mol. The minimum Gasteiger partial charge on any atom is -0.496 e. The number of hydrogen-bond acceptors (Lipinski definition) is 3. The molecule has 146 valence electrons. The van der Waals surface area contributed by atoms with E-state index in [9.17, 15) is 4.79 Å². The molecule has 2 aromatic rings. The van der Waals surface area contributed by atoms with Gasteiger partial charge in [0.05, 0.1) is 13.7 Å². The summed E-state index contributed by atoms with van der Waals surface area (Å²) in [5, 5.41) is 6.61. The molecule has 0 radical (unpaired) electrons. The predicted molar refractivity (Wildman–Crippen MR) is 110 cm³/mol. The molecule has 0 fully saturated rings. The van der Waals surface area contributed by atoms with Crippen LogP contribution in [-0.2, 0) is 13.1 Å². The zero-order valence-electron chi connectivity index (χ0n) is 16.5. The van der Waals surface area contributed by atoms with Gasteiger partial charge in [-0.25, -0.2) is 4.99 Å². The molecule has 0 saturated carbocycles. The summed E-state index contributed by atoms with van der Waals surface area (Å²) >= 11 is 0. The first-order valence-electron chi connectivity index (χ1n) is 9.45. The molecule has 1 aromatic heterocycles. The maximum Gasteiger partial charge on any atom is 0.250 e. The van der Waals surface area contributed by atoms with Crippen LogP contribution in [0.3, 0.4) is 0 Å². The average Bonchev–Trinajstić information content (AvgIpc) is 2.67. The summed E-state index contributed by atoms with van der Waals surface area (Å²) in [6.07, 6.45) is 3.72. The number of hydrogen-bond donors (Lipinski definition) is 2. The first-order chi connectivity index (χ1) is 13.1. The molecule has 0 spiro atoms. The first kappa shape index (κ1) is 20.6. The lowest BCUT2D eigenvalue weighted by Gasteiger charge is -2.12. The number of nitrogens with one attached hydrogen (secondary N) is 2. The summed E-state index contributed by atoms with van der Waals surface area (Å²) in [5.41, 5.74) is 2.28. The normalized spacial score (nSPS) is 11.3. The Morgan fingerprint density at radius 3 is 2.78 bits per heavy atom. The van der Waals surface area contributed by atoms with Gasteiger partial charge in [-0.3, -0.25) is 4.79 Å². The van der Waals surface area contributed by atoms with Gasteiger partial charge in [-0.2, -0.15) is 0 Å². The van der Waals surface area contributed by atoms with E-state index in [1.807, 2.05) is 32.2 Å². The van der Waals surface area contributed by atoms with Crippen LogP contribution in [0, 0.1) is 6.92 Å². The number of methoxy groups -OCH3 is 1. The smallest absolute Gasteiger partial charge is 0.250 e. The number of unbranched alkanes of at least 4 members (excludes halogenated alkanes) is 1. The molecule has 6 heteroatoms. The molecule has 6 nitrogen and oxygen atoms in total. The summed E-state index contributed by atoms with van der Waals surface area (Å²) in [5.74, 6) is 1.65. The molecule has 0 amide bonds. The number of aromatic nitrogens is 1. The summed E-state index contributed by atoms with van der Waals surface area (Å²) < 4.78 is 7.18. The van der Waals surface area contributed by atoms with Gasteiger partial charge in [-0.05, 0) is 44.4 Å². The van der Waals surface area contributed by atoms with Gasteiger partial charge >= 0.3 is 0 Å². The summed E-state index contributed by atoms with van der Waals surface area (Å²) in [7, 11) is 1.68. The second-order valence-electron chi connectivity index (χ2n) is 6.38. The Bertz CT molecular complexity index is 799. The van der Waals surface area contributed by atoms with Gasteiger partial charge in [0.25, 0.3) is 0 Å². The summed E-state index contributed by atoms with van der Waals surface area (Å²) in [4.78, 5) is 16.3. The van der Waals surface area contributed by atoms with E-state index in [1.54, 1.807) is 23.8 Å². The predicted octanol–water partition coefficient (Wildman–Crippen LogP) is 2.70. The third kappa shape index (κ3) is 6.81. The van der Waals surface area contributed by atoms with Crippen LogP contribution in [0.1, 0.15) is 30.9 Å². The lowest BCUT2D eigenvalue weighted by molar-refractivity contribution is 0.409. The molecule has 1 aromatic carbocycles. The van der Waals surface area contributed by atoms with Crippen LogP contribution < -0.4 is 20.9 Å². The Labute approximate surface area is 161 Å². The zero-order valence-corrected chi connectivity index (χ0v) is 16.5. The Balaban J connectivity index is 1.83. The molecule has 0 saturated heterocycles. The van der Waals surface area contributed by atoms with Crippen LogP contribution in [0.4, 0.5) is 0 Å². The number of guanidine groups is 1. The number of pyridine rings is 1. The Morgan fingerprint density at radius 1 is 1.19 bits per heavy atom. The molecule has 27 heavy (non-hydrogen) atoms. The topological polar surface area (TPSA) is 67.7 Å². The van der Waals surface area contributed by atoms with Crippen molar-refractivity contribution in [3.63, 3.8) is 0 Å². The van der Waals surface area contributed by atoms with Gasteiger partial charge in [-0.1, -0.05) is 18.2 Å². The van der Waals surface area contributed by atoms with Crippen LogP contribution >= 0.6 is 0 Å². The first-order valence-corrected chi connectivity index (χ1v) is 9.45. The van der Waals surface area contributed by atoms with Crippen LogP contribution in [0.5, 0.6) is 5.75 Å². The second kappa shape index (κ2) is 11.1. The molecular formula is C21H30N4O2. The van der Waals surface area contributed by atoms with E-state index in [2.05, 4.69) is 27.8 Å². The SMILES string of the molecule is CCNC(=NCc1ccc(C)cc1OC)NCCCCn1ccccc1=O. The van der Waals surface area contributed by atoms with E-state index in [0.29, 0.717) is 6.54 Å². The van der Waals surface area contributed by atoms with Crippen molar-refractivity contribution in [2.24, 2.45) is 4.99 Å².